The van der Waals surface area contributed by atoms with Crippen molar-refractivity contribution in [3.8, 4) is 0 Å². The van der Waals surface area contributed by atoms with Crippen molar-refractivity contribution in [3.05, 3.63) is 47.0 Å². The van der Waals surface area contributed by atoms with Crippen molar-refractivity contribution in [3.63, 3.8) is 0 Å². The smallest absolute Gasteiger partial charge is 0.307 e. The molecule has 4 nitrogen and oxygen atoms in total. The quantitative estimate of drug-likeness (QED) is 0.833. The average Bonchev–Trinajstić information content (AvgIpc) is 2.61. The maximum absolute atomic E-state index is 12.6. The van der Waals surface area contributed by atoms with E-state index in [2.05, 4.69) is 23.5 Å². The Morgan fingerprint density at radius 2 is 1.75 bits per heavy atom. The van der Waals surface area contributed by atoms with E-state index in [4.69, 9.17) is 0 Å². The maximum atomic E-state index is 12.6. The van der Waals surface area contributed by atoms with E-state index in [1.165, 1.54) is 24.0 Å². The SMILES string of the molecule is C[C@H](NC(=O)[C@H]1CC=CC[C@H]1C(=O)O)c1ccc2c(c1)CCCC2. The number of aliphatic carboxylic acids is 1. The highest BCUT2D eigenvalue weighted by Crippen LogP contribution is 2.28. The molecule has 2 aliphatic rings. The molecule has 1 aromatic rings. The van der Waals surface area contributed by atoms with Crippen molar-refractivity contribution in [1.29, 1.82) is 0 Å². The Labute approximate surface area is 143 Å². The second-order valence-electron chi connectivity index (χ2n) is 6.96. The maximum Gasteiger partial charge on any atom is 0.307 e. The van der Waals surface area contributed by atoms with Crippen LogP contribution in [0.1, 0.15) is 55.3 Å². The van der Waals surface area contributed by atoms with E-state index in [1.54, 1.807) is 0 Å². The van der Waals surface area contributed by atoms with Crippen LogP contribution in [0.3, 0.4) is 0 Å². The summed E-state index contributed by atoms with van der Waals surface area (Å²) in [7, 11) is 0. The van der Waals surface area contributed by atoms with Gasteiger partial charge in [0.2, 0.25) is 5.91 Å². The number of hydrogen-bond donors (Lipinski definition) is 2. The van der Waals surface area contributed by atoms with Gasteiger partial charge in [-0.2, -0.15) is 0 Å². The molecule has 0 saturated carbocycles. The minimum Gasteiger partial charge on any atom is -0.481 e. The molecule has 3 rings (SSSR count). The van der Waals surface area contributed by atoms with E-state index in [1.807, 2.05) is 19.1 Å². The number of nitrogens with one attached hydrogen (secondary N) is 1. The Hall–Kier alpha value is -2.10. The van der Waals surface area contributed by atoms with E-state index in [-0.39, 0.29) is 11.9 Å². The van der Waals surface area contributed by atoms with Crippen LogP contribution in [-0.4, -0.2) is 17.0 Å². The van der Waals surface area contributed by atoms with Gasteiger partial charge in [-0.15, -0.1) is 0 Å². The lowest BCUT2D eigenvalue weighted by Crippen LogP contribution is -2.39. The predicted molar refractivity (Wildman–Crippen MR) is 92.6 cm³/mol. The summed E-state index contributed by atoms with van der Waals surface area (Å²) in [5.74, 6) is -2.14. The molecule has 0 unspecified atom stereocenters. The number of carbonyl (C=O) groups excluding carboxylic acids is 1. The summed E-state index contributed by atoms with van der Waals surface area (Å²) in [6, 6.07) is 6.36. The Morgan fingerprint density at radius 1 is 1.08 bits per heavy atom. The van der Waals surface area contributed by atoms with Gasteiger partial charge in [-0.25, -0.2) is 0 Å². The molecule has 1 aromatic carbocycles. The number of benzene rings is 1. The fraction of sp³-hybridized carbons (Fsp3) is 0.500. The largest absolute Gasteiger partial charge is 0.481 e. The third kappa shape index (κ3) is 3.53. The van der Waals surface area contributed by atoms with Crippen molar-refractivity contribution >= 4 is 11.9 Å². The third-order valence-corrected chi connectivity index (χ3v) is 5.32. The molecule has 0 spiro atoms. The first-order chi connectivity index (χ1) is 11.6. The topological polar surface area (TPSA) is 66.4 Å². The standard InChI is InChI=1S/C20H25NO3/c1-13(15-11-10-14-6-2-3-7-16(14)12-15)21-19(22)17-8-4-5-9-18(17)20(23)24/h4-5,10-13,17-18H,2-3,6-9H2,1H3,(H,21,22)(H,23,24)/t13-,17-,18+/m0/s1. The molecule has 1 amide bonds. The number of fused-ring (bicyclic) bond motifs is 1. The fourth-order valence-corrected chi connectivity index (χ4v) is 3.80. The number of carboxylic acids is 1. The van der Waals surface area contributed by atoms with Gasteiger partial charge in [0.05, 0.1) is 17.9 Å². The molecule has 0 bridgehead atoms. The van der Waals surface area contributed by atoms with Crippen LogP contribution >= 0.6 is 0 Å². The third-order valence-electron chi connectivity index (χ3n) is 5.32. The number of carboxylic acid groups (broad SMARTS) is 1. The number of rotatable bonds is 4. The van der Waals surface area contributed by atoms with E-state index < -0.39 is 17.8 Å². The molecule has 2 aliphatic carbocycles. The second kappa shape index (κ2) is 7.20. The van der Waals surface area contributed by atoms with Gasteiger partial charge >= 0.3 is 5.97 Å². The summed E-state index contributed by atoms with van der Waals surface area (Å²) in [5, 5.41) is 12.3. The van der Waals surface area contributed by atoms with Crippen molar-refractivity contribution in [2.24, 2.45) is 11.8 Å². The molecule has 0 fully saturated rings. The molecule has 128 valence electrons. The first-order valence-electron chi connectivity index (χ1n) is 8.86. The minimum absolute atomic E-state index is 0.106. The van der Waals surface area contributed by atoms with Crippen LogP contribution in [0.4, 0.5) is 0 Å². The Balaban J connectivity index is 1.69. The number of aryl methyl sites for hydroxylation is 2. The summed E-state index contributed by atoms with van der Waals surface area (Å²) >= 11 is 0. The highest BCUT2D eigenvalue weighted by molar-refractivity contribution is 5.85. The summed E-state index contributed by atoms with van der Waals surface area (Å²) in [4.78, 5) is 23.9. The van der Waals surface area contributed by atoms with Gasteiger partial charge < -0.3 is 10.4 Å². The van der Waals surface area contributed by atoms with E-state index in [0.29, 0.717) is 12.8 Å². The van der Waals surface area contributed by atoms with Crippen molar-refractivity contribution in [2.45, 2.75) is 51.5 Å². The van der Waals surface area contributed by atoms with Crippen molar-refractivity contribution in [1.82, 2.24) is 5.32 Å². The molecule has 0 heterocycles. The lowest BCUT2D eigenvalue weighted by molar-refractivity contribution is -0.147. The van der Waals surface area contributed by atoms with Gasteiger partial charge in [-0.05, 0) is 62.1 Å². The van der Waals surface area contributed by atoms with Crippen LogP contribution in [0.5, 0.6) is 0 Å². The number of amides is 1. The van der Waals surface area contributed by atoms with Gasteiger partial charge in [0.1, 0.15) is 0 Å². The van der Waals surface area contributed by atoms with Crippen LogP contribution in [0.15, 0.2) is 30.4 Å². The normalized spacial score (nSPS) is 24.0. The molecule has 24 heavy (non-hydrogen) atoms. The van der Waals surface area contributed by atoms with Crippen molar-refractivity contribution in [2.75, 3.05) is 0 Å². The molecule has 0 aliphatic heterocycles. The van der Waals surface area contributed by atoms with Gasteiger partial charge in [0.15, 0.2) is 0 Å². The Morgan fingerprint density at radius 3 is 2.46 bits per heavy atom. The highest BCUT2D eigenvalue weighted by Gasteiger charge is 2.34. The minimum atomic E-state index is -0.888. The zero-order chi connectivity index (χ0) is 17.1. The number of allylic oxidation sites excluding steroid dienone is 2. The van der Waals surface area contributed by atoms with E-state index >= 15 is 0 Å². The van der Waals surface area contributed by atoms with Crippen molar-refractivity contribution < 1.29 is 14.7 Å². The summed E-state index contributed by atoms with van der Waals surface area (Å²) < 4.78 is 0. The van der Waals surface area contributed by atoms with Gasteiger partial charge in [0, 0.05) is 0 Å². The lowest BCUT2D eigenvalue weighted by atomic mass is 9.82. The Kier molecular flexibility index (Phi) is 5.03. The fourth-order valence-electron chi connectivity index (χ4n) is 3.80. The zero-order valence-corrected chi connectivity index (χ0v) is 14.1. The molecule has 0 radical (unpaired) electrons. The molecule has 3 atom stereocenters. The monoisotopic (exact) mass is 327 g/mol. The summed E-state index contributed by atoms with van der Waals surface area (Å²) in [5.41, 5.74) is 3.91. The highest BCUT2D eigenvalue weighted by atomic mass is 16.4. The van der Waals surface area contributed by atoms with Crippen LogP contribution in [-0.2, 0) is 22.4 Å². The number of hydrogen-bond acceptors (Lipinski definition) is 2. The van der Waals surface area contributed by atoms with Gasteiger partial charge in [-0.3, -0.25) is 9.59 Å². The molecule has 4 heteroatoms. The zero-order valence-electron chi connectivity index (χ0n) is 14.1. The van der Waals surface area contributed by atoms with Gasteiger partial charge in [-0.1, -0.05) is 30.4 Å². The Bertz CT molecular complexity index is 665. The van der Waals surface area contributed by atoms with Crippen LogP contribution in [0, 0.1) is 11.8 Å². The summed E-state index contributed by atoms with van der Waals surface area (Å²) in [6.45, 7) is 1.97. The van der Waals surface area contributed by atoms with Crippen LogP contribution in [0.2, 0.25) is 0 Å². The van der Waals surface area contributed by atoms with E-state index in [9.17, 15) is 14.7 Å². The predicted octanol–water partition coefficient (Wildman–Crippen LogP) is 3.41. The van der Waals surface area contributed by atoms with Crippen LogP contribution < -0.4 is 5.32 Å². The molecular formula is C20H25NO3. The van der Waals surface area contributed by atoms with Crippen LogP contribution in [0.25, 0.3) is 0 Å². The van der Waals surface area contributed by atoms with Gasteiger partial charge in [0.25, 0.3) is 0 Å². The van der Waals surface area contributed by atoms with E-state index in [0.717, 1.165) is 18.4 Å². The first kappa shape index (κ1) is 16.7. The molecule has 0 saturated heterocycles. The first-order valence-corrected chi connectivity index (χ1v) is 8.86. The molecule has 0 aromatic heterocycles. The number of carbonyl (C=O) groups is 2. The molecular weight excluding hydrogens is 302 g/mol. The lowest BCUT2D eigenvalue weighted by Gasteiger charge is -2.26. The summed E-state index contributed by atoms with van der Waals surface area (Å²) in [6.07, 6.45) is 9.43. The molecule has 2 N–H and O–H groups in total. The second-order valence-corrected chi connectivity index (χ2v) is 6.96. The average molecular weight is 327 g/mol.